The highest BCUT2D eigenvalue weighted by Crippen LogP contribution is 2.13. The number of nitrogens with two attached hydrogens (primary N) is 1. The fourth-order valence-corrected chi connectivity index (χ4v) is 1.13. The van der Waals surface area contributed by atoms with Gasteiger partial charge in [0.1, 0.15) is 5.82 Å². The highest BCUT2D eigenvalue weighted by atomic mass is 15.3. The Morgan fingerprint density at radius 2 is 2.20 bits per heavy atom. The summed E-state index contributed by atoms with van der Waals surface area (Å²) in [5, 5.41) is 7.03. The lowest BCUT2D eigenvalue weighted by Crippen LogP contribution is -2.01. The monoisotopic (exact) mass is 204 g/mol. The van der Waals surface area contributed by atoms with Crippen molar-refractivity contribution >= 4 is 17.5 Å². The van der Waals surface area contributed by atoms with Gasteiger partial charge in [0.15, 0.2) is 0 Å². The van der Waals surface area contributed by atoms with Crippen molar-refractivity contribution in [2.45, 2.75) is 6.92 Å². The van der Waals surface area contributed by atoms with Crippen molar-refractivity contribution in [1.29, 1.82) is 0 Å². The fraction of sp³-hybridized carbons (Fsp3) is 0.222. The van der Waals surface area contributed by atoms with E-state index in [1.807, 2.05) is 20.2 Å². The molecule has 2 aromatic heterocycles. The van der Waals surface area contributed by atoms with Crippen LogP contribution < -0.4 is 11.1 Å². The number of nitrogens with zero attached hydrogens (tertiary/aromatic N) is 4. The lowest BCUT2D eigenvalue weighted by molar-refractivity contribution is 0.768. The summed E-state index contributed by atoms with van der Waals surface area (Å²) in [4.78, 5) is 8.20. The van der Waals surface area contributed by atoms with Crippen LogP contribution in [0.1, 0.15) is 5.56 Å². The van der Waals surface area contributed by atoms with Crippen molar-refractivity contribution in [3.63, 3.8) is 0 Å². The van der Waals surface area contributed by atoms with Gasteiger partial charge in [-0.25, -0.2) is 4.98 Å². The summed E-state index contributed by atoms with van der Waals surface area (Å²) in [7, 11) is 1.84. The van der Waals surface area contributed by atoms with Crippen LogP contribution in [0.25, 0.3) is 0 Å². The lowest BCUT2D eigenvalue weighted by Gasteiger charge is -2.03. The first kappa shape index (κ1) is 9.45. The van der Waals surface area contributed by atoms with Gasteiger partial charge in [-0.1, -0.05) is 0 Å². The number of nitrogen functional groups attached to an aromatic ring is 1. The van der Waals surface area contributed by atoms with Gasteiger partial charge in [-0.05, 0) is 6.92 Å². The van der Waals surface area contributed by atoms with Crippen molar-refractivity contribution in [1.82, 2.24) is 19.7 Å². The van der Waals surface area contributed by atoms with Crippen molar-refractivity contribution < 1.29 is 0 Å². The van der Waals surface area contributed by atoms with Gasteiger partial charge in [-0.2, -0.15) is 10.1 Å². The SMILES string of the molecule is Cc1cnc(Nc2cnn(C)c2)nc1N. The summed E-state index contributed by atoms with van der Waals surface area (Å²) >= 11 is 0. The van der Waals surface area contributed by atoms with Gasteiger partial charge in [0.05, 0.1) is 11.9 Å². The predicted octanol–water partition coefficient (Wildman–Crippen LogP) is 0.844. The molecule has 0 aliphatic heterocycles. The number of anilines is 3. The summed E-state index contributed by atoms with van der Waals surface area (Å²) in [5.74, 6) is 0.961. The number of aryl methyl sites for hydroxylation is 2. The second-order valence-corrected chi connectivity index (χ2v) is 3.29. The standard InChI is InChI=1S/C9H12N6/c1-6-3-11-9(14-8(6)10)13-7-4-12-15(2)5-7/h3-5H,1-2H3,(H3,10,11,13,14). The molecular formula is C9H12N6. The minimum absolute atomic E-state index is 0.478. The number of nitrogens with one attached hydrogen (secondary N) is 1. The van der Waals surface area contributed by atoms with Crippen LogP contribution >= 0.6 is 0 Å². The van der Waals surface area contributed by atoms with Gasteiger partial charge in [-0.15, -0.1) is 0 Å². The van der Waals surface area contributed by atoms with E-state index in [0.29, 0.717) is 11.8 Å². The molecule has 6 heteroatoms. The number of hydrogen-bond acceptors (Lipinski definition) is 5. The molecule has 0 aliphatic rings. The van der Waals surface area contributed by atoms with Crippen LogP contribution in [-0.4, -0.2) is 19.7 Å². The third-order valence-corrected chi connectivity index (χ3v) is 1.97. The largest absolute Gasteiger partial charge is 0.383 e. The summed E-state index contributed by atoms with van der Waals surface area (Å²) in [6, 6.07) is 0. The molecule has 6 nitrogen and oxygen atoms in total. The molecule has 0 amide bonds. The van der Waals surface area contributed by atoms with Crippen LogP contribution in [0.15, 0.2) is 18.6 Å². The highest BCUT2D eigenvalue weighted by Gasteiger charge is 2.01. The molecule has 0 aliphatic carbocycles. The predicted molar refractivity (Wildman–Crippen MR) is 57.7 cm³/mol. The molecule has 2 rings (SSSR count). The van der Waals surface area contributed by atoms with E-state index < -0.39 is 0 Å². The van der Waals surface area contributed by atoms with E-state index in [4.69, 9.17) is 5.73 Å². The normalized spacial score (nSPS) is 10.3. The smallest absolute Gasteiger partial charge is 0.229 e. The van der Waals surface area contributed by atoms with Crippen LogP contribution in [0.5, 0.6) is 0 Å². The average Bonchev–Trinajstić information content (AvgIpc) is 2.58. The first-order valence-corrected chi connectivity index (χ1v) is 4.50. The summed E-state index contributed by atoms with van der Waals surface area (Å²) in [6.07, 6.45) is 5.21. The zero-order valence-corrected chi connectivity index (χ0v) is 8.60. The highest BCUT2D eigenvalue weighted by molar-refractivity contribution is 5.52. The third kappa shape index (κ3) is 2.04. The van der Waals surface area contributed by atoms with Crippen LogP contribution in [-0.2, 0) is 7.05 Å². The first-order valence-electron chi connectivity index (χ1n) is 4.50. The van der Waals surface area contributed by atoms with Crippen LogP contribution in [0, 0.1) is 6.92 Å². The van der Waals surface area contributed by atoms with Gasteiger partial charge in [-0.3, -0.25) is 4.68 Å². The maximum Gasteiger partial charge on any atom is 0.229 e. The molecule has 0 fully saturated rings. The van der Waals surface area contributed by atoms with Gasteiger partial charge in [0.2, 0.25) is 5.95 Å². The van der Waals surface area contributed by atoms with Crippen LogP contribution in [0.3, 0.4) is 0 Å². The molecule has 0 spiro atoms. The molecule has 0 atom stereocenters. The summed E-state index contributed by atoms with van der Waals surface area (Å²) in [5.41, 5.74) is 7.37. The van der Waals surface area contributed by atoms with E-state index in [1.54, 1.807) is 17.1 Å². The Morgan fingerprint density at radius 1 is 1.40 bits per heavy atom. The zero-order valence-electron chi connectivity index (χ0n) is 8.60. The van der Waals surface area contributed by atoms with Gasteiger partial charge >= 0.3 is 0 Å². The number of hydrogen-bond donors (Lipinski definition) is 2. The van der Waals surface area contributed by atoms with E-state index >= 15 is 0 Å². The summed E-state index contributed by atoms with van der Waals surface area (Å²) < 4.78 is 1.69. The Labute approximate surface area is 87.2 Å². The average molecular weight is 204 g/mol. The molecule has 3 N–H and O–H groups in total. The molecule has 78 valence electrons. The Hall–Kier alpha value is -2.11. The minimum atomic E-state index is 0.478. The number of aromatic nitrogens is 4. The molecule has 0 saturated heterocycles. The van der Waals surface area contributed by atoms with E-state index in [-0.39, 0.29) is 0 Å². The fourth-order valence-electron chi connectivity index (χ4n) is 1.13. The van der Waals surface area contributed by atoms with Gasteiger partial charge in [0, 0.05) is 25.0 Å². The maximum atomic E-state index is 5.67. The molecule has 15 heavy (non-hydrogen) atoms. The molecule has 0 saturated carbocycles. The molecule has 2 heterocycles. The van der Waals surface area contributed by atoms with Crippen LogP contribution in [0.2, 0.25) is 0 Å². The third-order valence-electron chi connectivity index (χ3n) is 1.97. The summed E-state index contributed by atoms with van der Waals surface area (Å²) in [6.45, 7) is 1.86. The van der Waals surface area contributed by atoms with Crippen molar-refractivity contribution in [2.75, 3.05) is 11.1 Å². The van der Waals surface area contributed by atoms with Crippen molar-refractivity contribution in [3.05, 3.63) is 24.2 Å². The molecular weight excluding hydrogens is 192 g/mol. The van der Waals surface area contributed by atoms with E-state index in [1.165, 1.54) is 0 Å². The van der Waals surface area contributed by atoms with Crippen molar-refractivity contribution in [3.8, 4) is 0 Å². The minimum Gasteiger partial charge on any atom is -0.383 e. The zero-order chi connectivity index (χ0) is 10.8. The van der Waals surface area contributed by atoms with Crippen LogP contribution in [0.4, 0.5) is 17.5 Å². The quantitative estimate of drug-likeness (QED) is 0.757. The Morgan fingerprint density at radius 3 is 2.80 bits per heavy atom. The Kier molecular flexibility index (Phi) is 2.24. The maximum absolute atomic E-state index is 5.67. The molecule has 0 unspecified atom stereocenters. The van der Waals surface area contributed by atoms with Gasteiger partial charge in [0.25, 0.3) is 0 Å². The Bertz CT molecular complexity index is 475. The van der Waals surface area contributed by atoms with E-state index in [2.05, 4.69) is 20.4 Å². The second kappa shape index (κ2) is 3.56. The molecule has 0 radical (unpaired) electrons. The molecule has 0 bridgehead atoms. The topological polar surface area (TPSA) is 81.7 Å². The number of rotatable bonds is 2. The van der Waals surface area contributed by atoms with E-state index in [0.717, 1.165) is 11.3 Å². The molecule has 2 aromatic rings. The Balaban J connectivity index is 2.21. The first-order chi connectivity index (χ1) is 7.15. The van der Waals surface area contributed by atoms with Crippen molar-refractivity contribution in [2.24, 2.45) is 7.05 Å². The lowest BCUT2D eigenvalue weighted by atomic mass is 10.3. The van der Waals surface area contributed by atoms with E-state index in [9.17, 15) is 0 Å². The molecule has 0 aromatic carbocycles. The second-order valence-electron chi connectivity index (χ2n) is 3.29. The van der Waals surface area contributed by atoms with Gasteiger partial charge < -0.3 is 11.1 Å².